The van der Waals surface area contributed by atoms with E-state index in [9.17, 15) is 4.79 Å². The Morgan fingerprint density at radius 1 is 1.36 bits per heavy atom. The summed E-state index contributed by atoms with van der Waals surface area (Å²) in [5, 5.41) is 18.3. The summed E-state index contributed by atoms with van der Waals surface area (Å²) < 4.78 is 0. The average Bonchev–Trinajstić information content (AvgIpc) is 2.95. The Balaban J connectivity index is 1.96. The number of hydrogen-bond donors (Lipinski definition) is 3. The molecule has 0 saturated heterocycles. The third-order valence-electron chi connectivity index (χ3n) is 3.23. The summed E-state index contributed by atoms with van der Waals surface area (Å²) in [7, 11) is 0. The molecule has 0 aliphatic heterocycles. The van der Waals surface area contributed by atoms with Gasteiger partial charge >= 0.3 is 5.97 Å². The highest BCUT2D eigenvalue weighted by molar-refractivity contribution is 7.13. The van der Waals surface area contributed by atoms with Crippen LogP contribution >= 0.6 is 11.3 Å². The molecule has 2 rings (SSSR count). The average molecular weight is 319 g/mol. The van der Waals surface area contributed by atoms with Crippen LogP contribution in [0.2, 0.25) is 0 Å². The number of thiazole rings is 1. The first-order chi connectivity index (χ1) is 10.6. The molecule has 0 fully saturated rings. The predicted molar refractivity (Wildman–Crippen MR) is 89.9 cm³/mol. The van der Waals surface area contributed by atoms with E-state index in [0.29, 0.717) is 0 Å². The Labute approximate surface area is 134 Å². The summed E-state index contributed by atoms with van der Waals surface area (Å²) in [6.45, 7) is 5.23. The largest absolute Gasteiger partial charge is 0.481 e. The minimum atomic E-state index is -0.821. The van der Waals surface area contributed by atoms with Crippen molar-refractivity contribution in [2.75, 3.05) is 11.9 Å². The van der Waals surface area contributed by atoms with E-state index in [1.807, 2.05) is 24.3 Å². The van der Waals surface area contributed by atoms with Gasteiger partial charge in [0.2, 0.25) is 0 Å². The van der Waals surface area contributed by atoms with E-state index in [1.54, 1.807) is 11.3 Å². The van der Waals surface area contributed by atoms with Gasteiger partial charge in [0.15, 0.2) is 5.13 Å². The third kappa shape index (κ3) is 4.82. The monoisotopic (exact) mass is 319 g/mol. The molecule has 0 amide bonds. The van der Waals surface area contributed by atoms with Crippen LogP contribution in [0.4, 0.5) is 10.8 Å². The van der Waals surface area contributed by atoms with Crippen LogP contribution in [0.25, 0.3) is 0 Å². The molecular weight excluding hydrogens is 298 g/mol. The van der Waals surface area contributed by atoms with Crippen LogP contribution in [0.1, 0.15) is 37.6 Å². The smallest absolute Gasteiger partial charge is 0.307 e. The van der Waals surface area contributed by atoms with Crippen LogP contribution in [0.15, 0.2) is 29.6 Å². The number of carboxylic acid groups (broad SMARTS) is 1. The molecule has 3 N–H and O–H groups in total. The fourth-order valence-corrected chi connectivity index (χ4v) is 2.84. The summed E-state index contributed by atoms with van der Waals surface area (Å²) in [4.78, 5) is 15.2. The highest BCUT2D eigenvalue weighted by Gasteiger charge is 2.09. The van der Waals surface area contributed by atoms with Crippen LogP contribution in [-0.2, 0) is 11.2 Å². The van der Waals surface area contributed by atoms with Crippen molar-refractivity contribution in [3.05, 3.63) is 40.9 Å². The van der Waals surface area contributed by atoms with E-state index in [2.05, 4.69) is 34.8 Å². The van der Waals surface area contributed by atoms with E-state index in [1.165, 1.54) is 0 Å². The third-order valence-corrected chi connectivity index (χ3v) is 4.00. The minimum Gasteiger partial charge on any atom is -0.481 e. The van der Waals surface area contributed by atoms with Gasteiger partial charge in [0, 0.05) is 17.1 Å². The predicted octanol–water partition coefficient (Wildman–Crippen LogP) is 3.57. The molecule has 6 heteroatoms. The van der Waals surface area contributed by atoms with Crippen molar-refractivity contribution < 1.29 is 9.90 Å². The molecule has 1 aromatic heterocycles. The van der Waals surface area contributed by atoms with Crippen LogP contribution in [0, 0.1) is 0 Å². The standard InChI is InChI=1S/C16H21N3O2S/c1-3-8-17-11(2)14-10-22-16(19-14)18-13-6-4-12(5-7-13)9-15(20)21/h4-7,10-11,17H,3,8-9H2,1-2H3,(H,18,19)(H,20,21). The van der Waals surface area contributed by atoms with E-state index in [-0.39, 0.29) is 12.5 Å². The number of hydrogen-bond acceptors (Lipinski definition) is 5. The molecule has 0 bridgehead atoms. The van der Waals surface area contributed by atoms with Crippen molar-refractivity contribution in [3.8, 4) is 0 Å². The van der Waals surface area contributed by atoms with Gasteiger partial charge < -0.3 is 15.7 Å². The second-order valence-electron chi connectivity index (χ2n) is 5.15. The van der Waals surface area contributed by atoms with Crippen molar-refractivity contribution in [1.82, 2.24) is 10.3 Å². The molecule has 1 heterocycles. The zero-order valence-corrected chi connectivity index (χ0v) is 13.6. The lowest BCUT2D eigenvalue weighted by molar-refractivity contribution is -0.136. The second-order valence-corrected chi connectivity index (χ2v) is 6.00. The van der Waals surface area contributed by atoms with Gasteiger partial charge in [-0.3, -0.25) is 4.79 Å². The summed E-state index contributed by atoms with van der Waals surface area (Å²) in [6.07, 6.45) is 1.14. The first-order valence-electron chi connectivity index (χ1n) is 7.35. The van der Waals surface area contributed by atoms with Crippen molar-refractivity contribution in [1.29, 1.82) is 0 Å². The molecule has 118 valence electrons. The zero-order chi connectivity index (χ0) is 15.9. The van der Waals surface area contributed by atoms with E-state index < -0.39 is 5.97 Å². The Bertz CT molecular complexity index is 610. The topological polar surface area (TPSA) is 74.2 Å². The van der Waals surface area contributed by atoms with E-state index in [4.69, 9.17) is 5.11 Å². The van der Waals surface area contributed by atoms with Gasteiger partial charge in [-0.2, -0.15) is 0 Å². The lowest BCUT2D eigenvalue weighted by Gasteiger charge is -2.09. The van der Waals surface area contributed by atoms with Gasteiger partial charge in [0.05, 0.1) is 12.1 Å². The Morgan fingerprint density at radius 2 is 2.09 bits per heavy atom. The van der Waals surface area contributed by atoms with Gasteiger partial charge in [-0.1, -0.05) is 19.1 Å². The molecule has 22 heavy (non-hydrogen) atoms. The van der Waals surface area contributed by atoms with Crippen molar-refractivity contribution in [2.24, 2.45) is 0 Å². The van der Waals surface area contributed by atoms with Crippen LogP contribution < -0.4 is 10.6 Å². The van der Waals surface area contributed by atoms with Crippen molar-refractivity contribution in [2.45, 2.75) is 32.7 Å². The first-order valence-corrected chi connectivity index (χ1v) is 8.23. The number of nitrogens with zero attached hydrogens (tertiary/aromatic N) is 1. The summed E-state index contributed by atoms with van der Waals surface area (Å²) in [5.41, 5.74) is 2.72. The Morgan fingerprint density at radius 3 is 2.73 bits per heavy atom. The van der Waals surface area contributed by atoms with Crippen molar-refractivity contribution in [3.63, 3.8) is 0 Å². The van der Waals surface area contributed by atoms with Crippen LogP contribution in [0.3, 0.4) is 0 Å². The lowest BCUT2D eigenvalue weighted by Crippen LogP contribution is -2.19. The Hall–Kier alpha value is -1.92. The van der Waals surface area contributed by atoms with Gasteiger partial charge in [-0.05, 0) is 37.6 Å². The van der Waals surface area contributed by atoms with Gasteiger partial charge in [-0.15, -0.1) is 11.3 Å². The Kier molecular flexibility index (Phi) is 5.91. The number of carboxylic acids is 1. The second kappa shape index (κ2) is 7.91. The maximum atomic E-state index is 10.7. The molecule has 0 saturated carbocycles. The zero-order valence-electron chi connectivity index (χ0n) is 12.8. The number of carbonyl (C=O) groups is 1. The summed E-state index contributed by atoms with van der Waals surface area (Å²) >= 11 is 1.56. The van der Waals surface area contributed by atoms with Crippen LogP contribution in [-0.4, -0.2) is 22.6 Å². The molecular formula is C16H21N3O2S. The molecule has 0 spiro atoms. The number of rotatable bonds is 8. The van der Waals surface area contributed by atoms with Gasteiger partial charge in [-0.25, -0.2) is 4.98 Å². The molecule has 5 nitrogen and oxygen atoms in total. The van der Waals surface area contributed by atoms with E-state index in [0.717, 1.165) is 35.0 Å². The highest BCUT2D eigenvalue weighted by Crippen LogP contribution is 2.24. The molecule has 1 unspecified atom stereocenters. The number of nitrogens with one attached hydrogen (secondary N) is 2. The molecule has 0 radical (unpaired) electrons. The van der Waals surface area contributed by atoms with Gasteiger partial charge in [0.25, 0.3) is 0 Å². The molecule has 0 aliphatic carbocycles. The minimum absolute atomic E-state index is 0.0439. The molecule has 0 aliphatic rings. The van der Waals surface area contributed by atoms with Gasteiger partial charge in [0.1, 0.15) is 0 Å². The quantitative estimate of drug-likeness (QED) is 0.693. The normalized spacial score (nSPS) is 12.1. The number of aromatic nitrogens is 1. The fourth-order valence-electron chi connectivity index (χ4n) is 2.01. The maximum absolute atomic E-state index is 10.7. The maximum Gasteiger partial charge on any atom is 0.307 e. The SMILES string of the molecule is CCCNC(C)c1csc(Nc2ccc(CC(=O)O)cc2)n1. The highest BCUT2D eigenvalue weighted by atomic mass is 32.1. The molecule has 1 atom stereocenters. The number of benzene rings is 1. The fraction of sp³-hybridized carbons (Fsp3) is 0.375. The summed E-state index contributed by atoms with van der Waals surface area (Å²) in [5.74, 6) is -0.821. The number of anilines is 2. The number of aliphatic carboxylic acids is 1. The van der Waals surface area contributed by atoms with Crippen LogP contribution in [0.5, 0.6) is 0 Å². The van der Waals surface area contributed by atoms with Crippen molar-refractivity contribution >= 4 is 28.1 Å². The molecule has 2 aromatic rings. The lowest BCUT2D eigenvalue weighted by atomic mass is 10.1. The van der Waals surface area contributed by atoms with E-state index >= 15 is 0 Å². The summed E-state index contributed by atoms with van der Waals surface area (Å²) in [6, 6.07) is 7.62. The molecule has 1 aromatic carbocycles. The first kappa shape index (κ1) is 16.5.